The molecule has 1 aromatic heterocycles. The molecule has 3 fully saturated rings. The summed E-state index contributed by atoms with van der Waals surface area (Å²) in [5.41, 5.74) is 4.54. The summed E-state index contributed by atoms with van der Waals surface area (Å²) < 4.78 is 38.6. The molecule has 3 unspecified atom stereocenters. The van der Waals surface area contributed by atoms with E-state index >= 15 is 0 Å². The molecule has 3 aliphatic rings. The number of piperazine rings is 1. The zero-order chi connectivity index (χ0) is 20.6. The topological polar surface area (TPSA) is 90.5 Å². The standard InChI is InChI=1S/C18H23F3N6O2/c19-18(20,21)13-9-14(23-10-22-13)26-5-7-27(8-6-26)17(29)15-11-3-1-2-4-12(11)16(28)25-24-15/h9-12,15,24H,1-8H2,(H,25,28). The van der Waals surface area contributed by atoms with Gasteiger partial charge in [0.2, 0.25) is 11.8 Å². The summed E-state index contributed by atoms with van der Waals surface area (Å²) >= 11 is 0. The summed E-state index contributed by atoms with van der Waals surface area (Å²) in [6, 6.07) is 0.475. The van der Waals surface area contributed by atoms with E-state index in [0.717, 1.165) is 38.1 Å². The summed E-state index contributed by atoms with van der Waals surface area (Å²) in [6.07, 6.45) is 0.0141. The molecule has 0 spiro atoms. The maximum absolute atomic E-state index is 13.1. The molecule has 0 bridgehead atoms. The number of hydrogen-bond donors (Lipinski definition) is 2. The minimum absolute atomic E-state index is 0.0146. The third-order valence-corrected chi connectivity index (χ3v) is 6.06. The lowest BCUT2D eigenvalue weighted by molar-refractivity contribution is -0.144. The van der Waals surface area contributed by atoms with Crippen LogP contribution in [0.25, 0.3) is 0 Å². The van der Waals surface area contributed by atoms with Crippen molar-refractivity contribution in [3.63, 3.8) is 0 Å². The maximum atomic E-state index is 13.1. The molecule has 0 aromatic carbocycles. The highest BCUT2D eigenvalue weighted by Crippen LogP contribution is 2.35. The number of hydrazine groups is 1. The molecule has 29 heavy (non-hydrogen) atoms. The van der Waals surface area contributed by atoms with Gasteiger partial charge >= 0.3 is 6.18 Å². The number of halogens is 3. The third kappa shape index (κ3) is 4.00. The van der Waals surface area contributed by atoms with Crippen molar-refractivity contribution in [3.05, 3.63) is 18.1 Å². The molecule has 8 nitrogen and oxygen atoms in total. The van der Waals surface area contributed by atoms with Crippen LogP contribution in [0.15, 0.2) is 12.4 Å². The van der Waals surface area contributed by atoms with Gasteiger partial charge in [0.25, 0.3) is 0 Å². The van der Waals surface area contributed by atoms with E-state index in [1.165, 1.54) is 0 Å². The van der Waals surface area contributed by atoms with Crippen molar-refractivity contribution >= 4 is 17.6 Å². The monoisotopic (exact) mass is 412 g/mol. The lowest BCUT2D eigenvalue weighted by Crippen LogP contribution is -2.65. The Balaban J connectivity index is 1.39. The fourth-order valence-electron chi connectivity index (χ4n) is 4.51. The number of anilines is 1. The molecule has 2 saturated heterocycles. The molecule has 158 valence electrons. The average molecular weight is 412 g/mol. The number of nitrogens with one attached hydrogen (secondary N) is 2. The third-order valence-electron chi connectivity index (χ3n) is 6.06. The number of fused-ring (bicyclic) bond motifs is 1. The van der Waals surface area contributed by atoms with E-state index in [4.69, 9.17) is 0 Å². The van der Waals surface area contributed by atoms with Crippen LogP contribution in [0.4, 0.5) is 19.0 Å². The Hall–Kier alpha value is -2.43. The van der Waals surface area contributed by atoms with Crippen LogP contribution in [0.3, 0.4) is 0 Å². The van der Waals surface area contributed by atoms with E-state index in [2.05, 4.69) is 20.8 Å². The smallest absolute Gasteiger partial charge is 0.353 e. The average Bonchev–Trinajstić information content (AvgIpc) is 2.73. The van der Waals surface area contributed by atoms with E-state index in [-0.39, 0.29) is 29.5 Å². The van der Waals surface area contributed by atoms with Gasteiger partial charge in [-0.1, -0.05) is 12.8 Å². The molecule has 1 aromatic rings. The number of hydrogen-bond acceptors (Lipinski definition) is 6. The summed E-state index contributed by atoms with van der Waals surface area (Å²) in [5.74, 6) is -0.0656. The first-order valence-electron chi connectivity index (χ1n) is 9.83. The number of rotatable bonds is 2. The Morgan fingerprint density at radius 1 is 1.10 bits per heavy atom. The van der Waals surface area contributed by atoms with Gasteiger partial charge in [0, 0.05) is 38.2 Å². The van der Waals surface area contributed by atoms with Crippen LogP contribution in [0, 0.1) is 11.8 Å². The normalized spacial score (nSPS) is 28.0. The van der Waals surface area contributed by atoms with Gasteiger partial charge < -0.3 is 9.80 Å². The molecule has 3 atom stereocenters. The molecule has 1 saturated carbocycles. The van der Waals surface area contributed by atoms with E-state index in [1.54, 1.807) is 9.80 Å². The summed E-state index contributed by atoms with van der Waals surface area (Å²) in [5, 5.41) is 0. The highest BCUT2D eigenvalue weighted by molar-refractivity contribution is 5.87. The lowest BCUT2D eigenvalue weighted by atomic mass is 9.73. The van der Waals surface area contributed by atoms with Gasteiger partial charge in [-0.3, -0.25) is 15.0 Å². The summed E-state index contributed by atoms with van der Waals surface area (Å²) in [7, 11) is 0. The van der Waals surface area contributed by atoms with Crippen LogP contribution in [0.2, 0.25) is 0 Å². The van der Waals surface area contributed by atoms with Gasteiger partial charge in [-0.05, 0) is 18.8 Å². The first-order chi connectivity index (χ1) is 13.8. The first kappa shape index (κ1) is 19.9. The van der Waals surface area contributed by atoms with Crippen molar-refractivity contribution in [1.82, 2.24) is 25.7 Å². The Bertz CT molecular complexity index is 781. The van der Waals surface area contributed by atoms with Crippen molar-refractivity contribution in [2.45, 2.75) is 37.9 Å². The molecule has 2 N–H and O–H groups in total. The molecule has 1 aliphatic carbocycles. The van der Waals surface area contributed by atoms with E-state index in [1.807, 2.05) is 0 Å². The van der Waals surface area contributed by atoms with E-state index < -0.39 is 17.9 Å². The number of aromatic nitrogens is 2. The Kier molecular flexibility index (Phi) is 5.32. The number of amides is 2. The Labute approximate surface area is 165 Å². The van der Waals surface area contributed by atoms with Crippen molar-refractivity contribution in [1.29, 1.82) is 0 Å². The van der Waals surface area contributed by atoms with Crippen LogP contribution in [-0.4, -0.2) is 58.9 Å². The highest BCUT2D eigenvalue weighted by Gasteiger charge is 2.44. The van der Waals surface area contributed by atoms with Crippen molar-refractivity contribution in [2.24, 2.45) is 11.8 Å². The molecule has 3 heterocycles. The lowest BCUT2D eigenvalue weighted by Gasteiger charge is -2.43. The van der Waals surface area contributed by atoms with Crippen LogP contribution in [-0.2, 0) is 15.8 Å². The van der Waals surface area contributed by atoms with Crippen LogP contribution < -0.4 is 15.8 Å². The maximum Gasteiger partial charge on any atom is 0.433 e. The predicted octanol–water partition coefficient (Wildman–Crippen LogP) is 0.953. The Morgan fingerprint density at radius 2 is 1.83 bits per heavy atom. The minimum atomic E-state index is -4.52. The quantitative estimate of drug-likeness (QED) is 0.752. The summed E-state index contributed by atoms with van der Waals surface area (Å²) in [4.78, 5) is 35.8. The van der Waals surface area contributed by atoms with Gasteiger partial charge in [-0.25, -0.2) is 15.4 Å². The van der Waals surface area contributed by atoms with Crippen LogP contribution in [0.1, 0.15) is 31.4 Å². The highest BCUT2D eigenvalue weighted by atomic mass is 19.4. The Morgan fingerprint density at radius 3 is 2.55 bits per heavy atom. The van der Waals surface area contributed by atoms with Gasteiger partial charge in [0.15, 0.2) is 0 Å². The zero-order valence-corrected chi connectivity index (χ0v) is 15.8. The molecule has 0 radical (unpaired) electrons. The predicted molar refractivity (Wildman–Crippen MR) is 96.3 cm³/mol. The number of carbonyl (C=O) groups excluding carboxylic acids is 2. The molecular weight excluding hydrogens is 389 g/mol. The van der Waals surface area contributed by atoms with Crippen LogP contribution >= 0.6 is 0 Å². The minimum Gasteiger partial charge on any atom is -0.353 e. The van der Waals surface area contributed by atoms with Gasteiger partial charge in [0.1, 0.15) is 23.9 Å². The number of carbonyl (C=O) groups is 2. The SMILES string of the molecule is O=C1NNC(C(=O)N2CCN(c3cc(C(F)(F)F)ncn3)CC2)C2CCCCC12. The van der Waals surface area contributed by atoms with E-state index in [0.29, 0.717) is 26.2 Å². The largest absolute Gasteiger partial charge is 0.433 e. The van der Waals surface area contributed by atoms with Crippen LogP contribution in [0.5, 0.6) is 0 Å². The zero-order valence-electron chi connectivity index (χ0n) is 15.8. The second kappa shape index (κ2) is 7.77. The first-order valence-corrected chi connectivity index (χ1v) is 9.83. The van der Waals surface area contributed by atoms with Gasteiger partial charge in [0.05, 0.1) is 0 Å². The molecule has 11 heteroatoms. The van der Waals surface area contributed by atoms with Gasteiger partial charge in [-0.2, -0.15) is 13.2 Å². The fraction of sp³-hybridized carbons (Fsp3) is 0.667. The molecule has 4 rings (SSSR count). The molecule has 2 amide bonds. The van der Waals surface area contributed by atoms with Gasteiger partial charge in [-0.15, -0.1) is 0 Å². The number of alkyl halides is 3. The van der Waals surface area contributed by atoms with E-state index in [9.17, 15) is 22.8 Å². The number of nitrogens with zero attached hydrogens (tertiary/aromatic N) is 4. The fourth-order valence-corrected chi connectivity index (χ4v) is 4.51. The summed E-state index contributed by atoms with van der Waals surface area (Å²) in [6.45, 7) is 1.53. The molecule has 2 aliphatic heterocycles. The van der Waals surface area contributed by atoms with Crippen molar-refractivity contribution < 1.29 is 22.8 Å². The second-order valence-corrected chi connectivity index (χ2v) is 7.74. The molecular formula is C18H23F3N6O2. The second-order valence-electron chi connectivity index (χ2n) is 7.74. The van der Waals surface area contributed by atoms with Crippen molar-refractivity contribution in [2.75, 3.05) is 31.1 Å². The van der Waals surface area contributed by atoms with Crippen molar-refractivity contribution in [3.8, 4) is 0 Å².